The summed E-state index contributed by atoms with van der Waals surface area (Å²) in [6.45, 7) is 8.04. The van der Waals surface area contributed by atoms with Gasteiger partial charge in [-0.2, -0.15) is 0 Å². The molecule has 0 bridgehead atoms. The van der Waals surface area contributed by atoms with Crippen molar-refractivity contribution in [2.24, 2.45) is 0 Å². The number of aliphatic hydroxyl groups is 1. The minimum atomic E-state index is -0.206. The Balaban J connectivity index is 1.75. The van der Waals surface area contributed by atoms with Crippen molar-refractivity contribution in [1.82, 2.24) is 23.9 Å². The minimum absolute atomic E-state index is 0.204. The second-order valence-electron chi connectivity index (χ2n) is 7.77. The van der Waals surface area contributed by atoms with E-state index in [0.717, 1.165) is 55.1 Å². The highest BCUT2D eigenvalue weighted by atomic mass is 32.2. The van der Waals surface area contributed by atoms with Gasteiger partial charge >= 0.3 is 0 Å². The Morgan fingerprint density at radius 2 is 2.06 bits per heavy atom. The van der Waals surface area contributed by atoms with Crippen molar-refractivity contribution in [3.63, 3.8) is 0 Å². The average Bonchev–Trinajstić information content (AvgIpc) is 3.07. The van der Waals surface area contributed by atoms with Crippen molar-refractivity contribution in [2.45, 2.75) is 57.5 Å². The van der Waals surface area contributed by atoms with Crippen LogP contribution in [0.25, 0.3) is 16.9 Å². The van der Waals surface area contributed by atoms with Crippen LogP contribution in [-0.2, 0) is 6.42 Å². The molecule has 2 aromatic heterocycles. The van der Waals surface area contributed by atoms with E-state index in [9.17, 15) is 9.90 Å². The molecule has 3 heterocycles. The lowest BCUT2D eigenvalue weighted by molar-refractivity contribution is 0.116. The third kappa shape index (κ3) is 4.63. The molecule has 0 spiro atoms. The number of piperidine rings is 1. The molecule has 1 saturated heterocycles. The molecule has 3 aromatic rings. The number of hydrogen-bond donors (Lipinski definition) is 2. The van der Waals surface area contributed by atoms with Crippen LogP contribution in [-0.4, -0.2) is 54.8 Å². The fourth-order valence-corrected chi connectivity index (χ4v) is 4.85. The molecule has 166 valence electrons. The van der Waals surface area contributed by atoms with Gasteiger partial charge in [-0.1, -0.05) is 6.92 Å². The molecule has 1 fully saturated rings. The molecule has 0 atom stereocenters. The first-order chi connectivity index (χ1) is 15.0. The number of aromatic nitrogens is 4. The molecule has 0 unspecified atom stereocenters. The van der Waals surface area contributed by atoms with Crippen molar-refractivity contribution in [2.75, 3.05) is 19.7 Å². The predicted molar refractivity (Wildman–Crippen MR) is 122 cm³/mol. The van der Waals surface area contributed by atoms with E-state index in [0.29, 0.717) is 29.4 Å². The van der Waals surface area contributed by atoms with Crippen LogP contribution in [0, 0.1) is 6.92 Å². The second-order valence-corrected chi connectivity index (χ2v) is 8.94. The standard InChI is InChI=1S/C22H29N5O3S/c1-4-6-19-23-14(3)20-22(29)24-21(25-27(19)20)17-13-16(7-8-18(17)30-5-2)31-26-11-9-15(28)10-12-26/h7-8,13,15,28H,4-6,9-12H2,1-3H3,(H,24,25,29). The average molecular weight is 444 g/mol. The first-order valence-electron chi connectivity index (χ1n) is 10.9. The number of rotatable bonds is 7. The summed E-state index contributed by atoms with van der Waals surface area (Å²) in [6.07, 6.45) is 3.03. The van der Waals surface area contributed by atoms with Gasteiger partial charge in [0.05, 0.1) is 24.0 Å². The number of fused-ring (bicyclic) bond motifs is 1. The highest BCUT2D eigenvalue weighted by Crippen LogP contribution is 2.34. The third-order valence-corrected chi connectivity index (χ3v) is 6.47. The van der Waals surface area contributed by atoms with Crippen LogP contribution < -0.4 is 10.3 Å². The number of ether oxygens (including phenoxy) is 1. The fraction of sp³-hybridized carbons (Fsp3) is 0.500. The molecule has 0 radical (unpaired) electrons. The van der Waals surface area contributed by atoms with E-state index in [-0.39, 0.29) is 11.7 Å². The van der Waals surface area contributed by atoms with E-state index < -0.39 is 0 Å². The Morgan fingerprint density at radius 3 is 2.77 bits per heavy atom. The molecular weight excluding hydrogens is 414 g/mol. The minimum Gasteiger partial charge on any atom is -0.493 e. The smallest absolute Gasteiger partial charge is 0.277 e. The number of hydrogen-bond acceptors (Lipinski definition) is 7. The number of nitrogens with zero attached hydrogens (tertiary/aromatic N) is 4. The molecule has 4 rings (SSSR count). The lowest BCUT2D eigenvalue weighted by Crippen LogP contribution is -2.30. The highest BCUT2D eigenvalue weighted by molar-refractivity contribution is 7.97. The molecule has 9 heteroatoms. The number of nitrogens with one attached hydrogen (secondary N) is 1. The van der Waals surface area contributed by atoms with Gasteiger partial charge in [0.2, 0.25) is 0 Å². The Labute approximate surface area is 185 Å². The topological polar surface area (TPSA) is 95.8 Å². The summed E-state index contributed by atoms with van der Waals surface area (Å²) >= 11 is 1.65. The third-order valence-electron chi connectivity index (χ3n) is 5.38. The van der Waals surface area contributed by atoms with Crippen LogP contribution >= 0.6 is 11.9 Å². The van der Waals surface area contributed by atoms with Crippen molar-refractivity contribution >= 4 is 17.5 Å². The first kappa shape index (κ1) is 21.9. The molecule has 2 N–H and O–H groups in total. The SMILES string of the molecule is CCCc1nc(C)c2c(=O)[nH]c(-c3cc(SN4CCC(O)CC4)ccc3OCC)nn12. The molecule has 1 aromatic carbocycles. The molecule has 1 aliphatic rings. The second kappa shape index (κ2) is 9.42. The zero-order chi connectivity index (χ0) is 22.0. The quantitative estimate of drug-likeness (QED) is 0.541. The maximum Gasteiger partial charge on any atom is 0.277 e. The summed E-state index contributed by atoms with van der Waals surface area (Å²) in [5.41, 5.74) is 1.72. The van der Waals surface area contributed by atoms with Crippen LogP contribution in [0.1, 0.15) is 44.6 Å². The summed E-state index contributed by atoms with van der Waals surface area (Å²) in [7, 11) is 0. The summed E-state index contributed by atoms with van der Waals surface area (Å²) in [6, 6.07) is 5.95. The van der Waals surface area contributed by atoms with E-state index in [1.54, 1.807) is 16.5 Å². The van der Waals surface area contributed by atoms with Crippen LogP contribution in [0.2, 0.25) is 0 Å². The summed E-state index contributed by atoms with van der Waals surface area (Å²) in [4.78, 5) is 21.4. The van der Waals surface area contributed by atoms with Crippen molar-refractivity contribution < 1.29 is 9.84 Å². The predicted octanol–water partition coefficient (Wildman–Crippen LogP) is 3.21. The zero-order valence-corrected chi connectivity index (χ0v) is 19.0. The highest BCUT2D eigenvalue weighted by Gasteiger charge is 2.20. The molecule has 0 saturated carbocycles. The number of aromatic amines is 1. The summed E-state index contributed by atoms with van der Waals surface area (Å²) < 4.78 is 9.77. The van der Waals surface area contributed by atoms with E-state index in [2.05, 4.69) is 21.2 Å². The fourth-order valence-electron chi connectivity index (χ4n) is 3.86. The van der Waals surface area contributed by atoms with Gasteiger partial charge in [0, 0.05) is 24.4 Å². The molecule has 0 aliphatic carbocycles. The Bertz CT molecular complexity index is 1120. The lowest BCUT2D eigenvalue weighted by atomic mass is 10.1. The lowest BCUT2D eigenvalue weighted by Gasteiger charge is -2.28. The molecule has 8 nitrogen and oxygen atoms in total. The Hall–Kier alpha value is -2.36. The summed E-state index contributed by atoms with van der Waals surface area (Å²) in [5.74, 6) is 1.93. The molecule has 0 amide bonds. The Morgan fingerprint density at radius 1 is 1.29 bits per heavy atom. The number of H-pyrrole nitrogens is 1. The van der Waals surface area contributed by atoms with Crippen molar-refractivity contribution in [3.05, 3.63) is 40.1 Å². The maximum atomic E-state index is 12.9. The molecular formula is C22H29N5O3S. The van der Waals surface area contributed by atoms with Crippen LogP contribution in [0.5, 0.6) is 5.75 Å². The van der Waals surface area contributed by atoms with Gasteiger partial charge in [0.1, 0.15) is 11.6 Å². The summed E-state index contributed by atoms with van der Waals surface area (Å²) in [5, 5.41) is 14.5. The van der Waals surface area contributed by atoms with Crippen molar-refractivity contribution in [3.8, 4) is 17.1 Å². The maximum absolute atomic E-state index is 12.9. The van der Waals surface area contributed by atoms with Gasteiger partial charge in [-0.3, -0.25) is 4.79 Å². The van der Waals surface area contributed by atoms with Gasteiger partial charge in [-0.15, -0.1) is 5.10 Å². The van der Waals surface area contributed by atoms with E-state index in [1.807, 2.05) is 32.0 Å². The van der Waals surface area contributed by atoms with Gasteiger partial charge in [-0.05, 0) is 63.3 Å². The largest absolute Gasteiger partial charge is 0.493 e. The van der Waals surface area contributed by atoms with E-state index in [4.69, 9.17) is 9.84 Å². The number of aliphatic hydroxyl groups excluding tert-OH is 1. The van der Waals surface area contributed by atoms with E-state index >= 15 is 0 Å². The number of imidazole rings is 1. The van der Waals surface area contributed by atoms with Gasteiger partial charge in [0.15, 0.2) is 11.3 Å². The van der Waals surface area contributed by atoms with Crippen LogP contribution in [0.3, 0.4) is 0 Å². The van der Waals surface area contributed by atoms with Crippen molar-refractivity contribution in [1.29, 1.82) is 0 Å². The number of benzene rings is 1. The van der Waals surface area contributed by atoms with Crippen LogP contribution in [0.15, 0.2) is 27.9 Å². The van der Waals surface area contributed by atoms with E-state index in [1.165, 1.54) is 0 Å². The zero-order valence-electron chi connectivity index (χ0n) is 18.2. The van der Waals surface area contributed by atoms with Crippen LogP contribution in [0.4, 0.5) is 0 Å². The first-order valence-corrected chi connectivity index (χ1v) is 11.6. The molecule has 31 heavy (non-hydrogen) atoms. The van der Waals surface area contributed by atoms with Gasteiger partial charge in [-0.25, -0.2) is 13.8 Å². The monoisotopic (exact) mass is 443 g/mol. The molecule has 1 aliphatic heterocycles. The van der Waals surface area contributed by atoms with Gasteiger partial charge in [0.25, 0.3) is 5.56 Å². The van der Waals surface area contributed by atoms with Gasteiger partial charge < -0.3 is 14.8 Å². The normalized spacial score (nSPS) is 15.6. The Kier molecular flexibility index (Phi) is 6.64. The number of aryl methyl sites for hydroxylation is 2.